The fourth-order valence-electron chi connectivity index (χ4n) is 3.46. The molecule has 0 radical (unpaired) electrons. The third-order valence-electron chi connectivity index (χ3n) is 4.35. The maximum Gasteiger partial charge on any atom is 0.120 e. The number of nitrogens with zero attached hydrogens (tertiary/aromatic N) is 1. The minimum Gasteiger partial charge on any atom is -0.491 e. The monoisotopic (exact) mass is 290 g/mol. The van der Waals surface area contributed by atoms with Crippen LogP contribution in [0.3, 0.4) is 0 Å². The van der Waals surface area contributed by atoms with Crippen LogP contribution >= 0.6 is 0 Å². The van der Waals surface area contributed by atoms with Crippen molar-refractivity contribution < 1.29 is 9.47 Å². The molecule has 2 aliphatic heterocycles. The van der Waals surface area contributed by atoms with E-state index in [0.29, 0.717) is 18.8 Å². The van der Waals surface area contributed by atoms with Crippen molar-refractivity contribution >= 4 is 0 Å². The molecule has 2 aliphatic rings. The van der Waals surface area contributed by atoms with Crippen molar-refractivity contribution in [1.82, 2.24) is 4.90 Å². The maximum atomic E-state index is 6.07. The number of ether oxygens (including phenoxy) is 2. The van der Waals surface area contributed by atoms with E-state index >= 15 is 0 Å². The lowest BCUT2D eigenvalue weighted by atomic mass is 10.0. The molecule has 2 fully saturated rings. The number of benzene rings is 1. The van der Waals surface area contributed by atoms with Crippen molar-refractivity contribution in [2.24, 2.45) is 5.73 Å². The van der Waals surface area contributed by atoms with Crippen LogP contribution in [0.15, 0.2) is 24.3 Å². The van der Waals surface area contributed by atoms with Crippen LogP contribution in [0.5, 0.6) is 5.75 Å². The number of hydrogen-bond donors (Lipinski definition) is 1. The zero-order valence-electron chi connectivity index (χ0n) is 13.0. The van der Waals surface area contributed by atoms with Crippen LogP contribution in [0.25, 0.3) is 0 Å². The minimum atomic E-state index is 0.191. The Morgan fingerprint density at radius 3 is 2.62 bits per heavy atom. The molecule has 2 heterocycles. The van der Waals surface area contributed by atoms with Crippen LogP contribution in [0.2, 0.25) is 0 Å². The summed E-state index contributed by atoms with van der Waals surface area (Å²) in [5.41, 5.74) is 7.32. The summed E-state index contributed by atoms with van der Waals surface area (Å²) in [6.07, 6.45) is 3.36. The van der Waals surface area contributed by atoms with Crippen LogP contribution < -0.4 is 10.5 Å². The van der Waals surface area contributed by atoms with Crippen LogP contribution in [-0.2, 0) is 4.74 Å². The highest BCUT2D eigenvalue weighted by atomic mass is 16.5. The molecule has 21 heavy (non-hydrogen) atoms. The molecule has 1 aromatic carbocycles. The van der Waals surface area contributed by atoms with Crippen molar-refractivity contribution in [2.75, 3.05) is 19.6 Å². The lowest BCUT2D eigenvalue weighted by molar-refractivity contribution is -0.0521. The molecule has 0 aliphatic carbocycles. The van der Waals surface area contributed by atoms with Crippen LogP contribution in [0.1, 0.15) is 38.3 Å². The SMILES string of the molecule is CC(C)Oc1cccc(C(CN)N2CC3CCC(C2)O3)c1. The van der Waals surface area contributed by atoms with Gasteiger partial charge in [0.05, 0.1) is 18.3 Å². The third kappa shape index (κ3) is 3.39. The van der Waals surface area contributed by atoms with Gasteiger partial charge in [-0.1, -0.05) is 12.1 Å². The normalized spacial score (nSPS) is 27.0. The van der Waals surface area contributed by atoms with Gasteiger partial charge in [-0.3, -0.25) is 4.90 Å². The van der Waals surface area contributed by atoms with E-state index in [1.165, 1.54) is 18.4 Å². The predicted molar refractivity (Wildman–Crippen MR) is 83.5 cm³/mol. The molecule has 0 amide bonds. The highest BCUT2D eigenvalue weighted by molar-refractivity contribution is 5.31. The lowest BCUT2D eigenvalue weighted by Crippen LogP contribution is -2.46. The molecule has 3 unspecified atom stereocenters. The summed E-state index contributed by atoms with van der Waals surface area (Å²) in [4.78, 5) is 2.49. The molecule has 4 heteroatoms. The predicted octanol–water partition coefficient (Wildman–Crippen LogP) is 2.34. The van der Waals surface area contributed by atoms with E-state index in [9.17, 15) is 0 Å². The Morgan fingerprint density at radius 2 is 2.00 bits per heavy atom. The standard InChI is InChI=1S/C17H26N2O2/c1-12(2)20-14-5-3-4-13(8-14)17(9-18)19-10-15-6-7-16(11-19)21-15/h3-5,8,12,15-17H,6-7,9-11,18H2,1-2H3. The quantitative estimate of drug-likeness (QED) is 0.904. The van der Waals surface area contributed by atoms with Crippen LogP contribution in [0, 0.1) is 0 Å². The number of fused-ring (bicyclic) bond motifs is 2. The zero-order chi connectivity index (χ0) is 14.8. The zero-order valence-corrected chi connectivity index (χ0v) is 13.0. The van der Waals surface area contributed by atoms with E-state index < -0.39 is 0 Å². The Hall–Kier alpha value is -1.10. The number of likely N-dealkylation sites (tertiary alicyclic amines) is 1. The summed E-state index contributed by atoms with van der Waals surface area (Å²) in [7, 11) is 0. The number of rotatable bonds is 5. The average molecular weight is 290 g/mol. The van der Waals surface area contributed by atoms with Gasteiger partial charge in [0.15, 0.2) is 0 Å². The van der Waals surface area contributed by atoms with E-state index in [1.807, 2.05) is 19.9 Å². The molecule has 0 saturated carbocycles. The minimum absolute atomic E-state index is 0.191. The van der Waals surface area contributed by atoms with Gasteiger partial charge < -0.3 is 15.2 Å². The van der Waals surface area contributed by atoms with E-state index in [2.05, 4.69) is 23.1 Å². The van der Waals surface area contributed by atoms with E-state index in [4.69, 9.17) is 15.2 Å². The summed E-state index contributed by atoms with van der Waals surface area (Å²) in [6, 6.07) is 8.62. The van der Waals surface area contributed by atoms with Crippen molar-refractivity contribution in [3.63, 3.8) is 0 Å². The highest BCUT2D eigenvalue weighted by Crippen LogP contribution is 2.32. The van der Waals surface area contributed by atoms with Gasteiger partial charge in [0.2, 0.25) is 0 Å². The van der Waals surface area contributed by atoms with Crippen molar-refractivity contribution in [3.8, 4) is 5.75 Å². The fourth-order valence-corrected chi connectivity index (χ4v) is 3.46. The van der Waals surface area contributed by atoms with Gasteiger partial charge in [-0.05, 0) is 44.4 Å². The molecule has 2 bridgehead atoms. The summed E-state index contributed by atoms with van der Waals surface area (Å²) in [5.74, 6) is 0.928. The third-order valence-corrected chi connectivity index (χ3v) is 4.35. The second kappa shape index (κ2) is 6.34. The number of hydrogen-bond acceptors (Lipinski definition) is 4. The molecule has 3 atom stereocenters. The number of nitrogens with two attached hydrogens (primary N) is 1. The topological polar surface area (TPSA) is 47.7 Å². The van der Waals surface area contributed by atoms with Gasteiger partial charge in [-0.2, -0.15) is 0 Å². The fraction of sp³-hybridized carbons (Fsp3) is 0.647. The Balaban J connectivity index is 1.76. The van der Waals surface area contributed by atoms with Gasteiger partial charge in [-0.15, -0.1) is 0 Å². The molecule has 2 saturated heterocycles. The highest BCUT2D eigenvalue weighted by Gasteiger charge is 2.36. The molecule has 2 N–H and O–H groups in total. The van der Waals surface area contributed by atoms with Crippen LogP contribution in [-0.4, -0.2) is 42.8 Å². The second-order valence-corrected chi connectivity index (χ2v) is 6.40. The van der Waals surface area contributed by atoms with Gasteiger partial charge >= 0.3 is 0 Å². The van der Waals surface area contributed by atoms with Crippen molar-refractivity contribution in [2.45, 2.75) is 51.0 Å². The molecule has 0 spiro atoms. The van der Waals surface area contributed by atoms with Gasteiger partial charge in [0, 0.05) is 25.7 Å². The molecule has 4 nitrogen and oxygen atoms in total. The number of morpholine rings is 1. The first-order valence-corrected chi connectivity index (χ1v) is 8.02. The van der Waals surface area contributed by atoms with Gasteiger partial charge in [-0.25, -0.2) is 0 Å². The Kier molecular flexibility index (Phi) is 4.48. The van der Waals surface area contributed by atoms with Crippen molar-refractivity contribution in [3.05, 3.63) is 29.8 Å². The Bertz CT molecular complexity index is 466. The molecule has 3 rings (SSSR count). The summed E-state index contributed by atoms with van der Waals surface area (Å²) >= 11 is 0. The Morgan fingerprint density at radius 1 is 1.29 bits per heavy atom. The summed E-state index contributed by atoms with van der Waals surface area (Å²) < 4.78 is 11.7. The maximum absolute atomic E-state index is 6.07. The molecule has 116 valence electrons. The first-order chi connectivity index (χ1) is 10.2. The largest absolute Gasteiger partial charge is 0.491 e. The van der Waals surface area contributed by atoms with Crippen LogP contribution in [0.4, 0.5) is 0 Å². The van der Waals surface area contributed by atoms with Gasteiger partial charge in [0.25, 0.3) is 0 Å². The smallest absolute Gasteiger partial charge is 0.120 e. The summed E-state index contributed by atoms with van der Waals surface area (Å²) in [6.45, 7) is 6.71. The molecular formula is C17H26N2O2. The van der Waals surface area contributed by atoms with E-state index in [0.717, 1.165) is 18.8 Å². The molecule has 0 aromatic heterocycles. The van der Waals surface area contributed by atoms with Crippen molar-refractivity contribution in [1.29, 1.82) is 0 Å². The van der Waals surface area contributed by atoms with E-state index in [-0.39, 0.29) is 12.1 Å². The summed E-state index contributed by atoms with van der Waals surface area (Å²) in [5, 5.41) is 0. The average Bonchev–Trinajstić information content (AvgIpc) is 2.78. The van der Waals surface area contributed by atoms with E-state index in [1.54, 1.807) is 0 Å². The first-order valence-electron chi connectivity index (χ1n) is 8.02. The van der Waals surface area contributed by atoms with Gasteiger partial charge in [0.1, 0.15) is 5.75 Å². The lowest BCUT2D eigenvalue weighted by Gasteiger charge is -2.37. The first kappa shape index (κ1) is 14.8. The molecule has 1 aromatic rings. The molecular weight excluding hydrogens is 264 g/mol. The second-order valence-electron chi connectivity index (χ2n) is 6.40. The Labute approximate surface area is 127 Å².